The fourth-order valence-electron chi connectivity index (χ4n) is 2.76. The molecule has 0 fully saturated rings. The highest BCUT2D eigenvalue weighted by molar-refractivity contribution is 5.74. The van der Waals surface area contributed by atoms with E-state index in [9.17, 15) is 4.79 Å². The van der Waals surface area contributed by atoms with Crippen LogP contribution in [0.25, 0.3) is 5.78 Å². The van der Waals surface area contributed by atoms with Crippen LogP contribution in [0.5, 0.6) is 0 Å². The largest absolute Gasteiger partial charge is 0.330 e. The zero-order valence-electron chi connectivity index (χ0n) is 15.5. The number of nitrogens with zero attached hydrogens (tertiary/aromatic N) is 7. The molecule has 138 valence electrons. The first-order valence-corrected chi connectivity index (χ1v) is 8.69. The van der Waals surface area contributed by atoms with Gasteiger partial charge in [-0.05, 0) is 26.3 Å². The number of urea groups is 1. The quantitative estimate of drug-likeness (QED) is 0.731. The molecule has 0 unspecified atom stereocenters. The van der Waals surface area contributed by atoms with E-state index in [0.29, 0.717) is 12.3 Å². The molecule has 1 atom stereocenters. The Kier molecular flexibility index (Phi) is 5.15. The molecule has 3 aromatic heterocycles. The number of carbonyl (C=O) groups excluding carboxylic acids is 1. The van der Waals surface area contributed by atoms with Gasteiger partial charge in [0.05, 0.1) is 18.3 Å². The molecule has 0 aliphatic carbocycles. The first-order valence-electron chi connectivity index (χ1n) is 8.69. The SMILES string of the molecule is CC[C@@H](NC(=O)N(C)Cc1nncn1C(C)C)c1cn2cccnc2n1. The highest BCUT2D eigenvalue weighted by Gasteiger charge is 2.20. The van der Waals surface area contributed by atoms with Crippen LogP contribution in [-0.2, 0) is 6.54 Å². The highest BCUT2D eigenvalue weighted by Crippen LogP contribution is 2.16. The van der Waals surface area contributed by atoms with Crippen molar-refractivity contribution in [3.05, 3.63) is 42.5 Å². The van der Waals surface area contributed by atoms with E-state index < -0.39 is 0 Å². The Balaban J connectivity index is 1.69. The lowest BCUT2D eigenvalue weighted by Gasteiger charge is -2.22. The summed E-state index contributed by atoms with van der Waals surface area (Å²) in [6, 6.07) is 1.72. The van der Waals surface area contributed by atoms with Crippen molar-refractivity contribution in [2.75, 3.05) is 7.05 Å². The van der Waals surface area contributed by atoms with E-state index in [1.807, 2.05) is 34.4 Å². The van der Waals surface area contributed by atoms with Gasteiger partial charge in [-0.3, -0.25) is 4.40 Å². The minimum absolute atomic E-state index is 0.180. The molecule has 3 heterocycles. The molecule has 2 amide bonds. The molecule has 0 saturated carbocycles. The van der Waals surface area contributed by atoms with Crippen LogP contribution in [0.1, 0.15) is 50.8 Å². The topological polar surface area (TPSA) is 93.2 Å². The summed E-state index contributed by atoms with van der Waals surface area (Å²) >= 11 is 0. The van der Waals surface area contributed by atoms with Crippen LogP contribution in [0.2, 0.25) is 0 Å². The van der Waals surface area contributed by atoms with Crippen LogP contribution in [0.15, 0.2) is 31.0 Å². The van der Waals surface area contributed by atoms with E-state index in [0.717, 1.165) is 17.9 Å². The van der Waals surface area contributed by atoms with Crippen molar-refractivity contribution < 1.29 is 4.79 Å². The second-order valence-electron chi connectivity index (χ2n) is 6.51. The first kappa shape index (κ1) is 17.8. The summed E-state index contributed by atoms with van der Waals surface area (Å²) in [4.78, 5) is 22.9. The number of aromatic nitrogens is 6. The van der Waals surface area contributed by atoms with Crippen molar-refractivity contribution in [3.8, 4) is 0 Å². The lowest BCUT2D eigenvalue weighted by molar-refractivity contribution is 0.200. The summed E-state index contributed by atoms with van der Waals surface area (Å²) in [6.45, 7) is 6.50. The van der Waals surface area contributed by atoms with Gasteiger partial charge in [-0.1, -0.05) is 6.92 Å². The third-order valence-electron chi connectivity index (χ3n) is 4.25. The van der Waals surface area contributed by atoms with Crippen LogP contribution in [0.3, 0.4) is 0 Å². The molecule has 0 aromatic carbocycles. The van der Waals surface area contributed by atoms with Gasteiger partial charge in [0.15, 0.2) is 5.82 Å². The number of hydrogen-bond acceptors (Lipinski definition) is 5. The molecule has 0 bridgehead atoms. The second kappa shape index (κ2) is 7.51. The summed E-state index contributed by atoms with van der Waals surface area (Å²) < 4.78 is 3.80. The normalized spacial score (nSPS) is 12.5. The third kappa shape index (κ3) is 3.66. The summed E-state index contributed by atoms with van der Waals surface area (Å²) in [5, 5.41) is 11.1. The van der Waals surface area contributed by atoms with Crippen molar-refractivity contribution in [2.45, 2.75) is 45.8 Å². The van der Waals surface area contributed by atoms with E-state index in [4.69, 9.17) is 0 Å². The maximum absolute atomic E-state index is 12.6. The second-order valence-corrected chi connectivity index (χ2v) is 6.51. The van der Waals surface area contributed by atoms with E-state index in [1.165, 1.54) is 0 Å². The van der Waals surface area contributed by atoms with Gasteiger partial charge in [-0.15, -0.1) is 10.2 Å². The van der Waals surface area contributed by atoms with Crippen LogP contribution in [0, 0.1) is 0 Å². The van der Waals surface area contributed by atoms with E-state index >= 15 is 0 Å². The maximum Gasteiger partial charge on any atom is 0.318 e. The molecule has 0 saturated heterocycles. The smallest absolute Gasteiger partial charge is 0.318 e. The Morgan fingerprint density at radius 2 is 2.19 bits per heavy atom. The molecule has 1 N–H and O–H groups in total. The molecule has 0 radical (unpaired) electrons. The monoisotopic (exact) mass is 356 g/mol. The number of amides is 2. The molecular weight excluding hydrogens is 332 g/mol. The molecule has 9 heteroatoms. The van der Waals surface area contributed by atoms with Gasteiger partial charge in [0.1, 0.15) is 6.33 Å². The van der Waals surface area contributed by atoms with Gasteiger partial charge >= 0.3 is 6.03 Å². The van der Waals surface area contributed by atoms with Gasteiger partial charge in [0.25, 0.3) is 0 Å². The van der Waals surface area contributed by atoms with Crippen LogP contribution in [-0.4, -0.2) is 47.1 Å². The van der Waals surface area contributed by atoms with Gasteiger partial charge in [-0.2, -0.15) is 0 Å². The minimum atomic E-state index is -0.186. The summed E-state index contributed by atoms with van der Waals surface area (Å²) in [5.41, 5.74) is 0.790. The zero-order chi connectivity index (χ0) is 18.7. The molecule has 9 nitrogen and oxygen atoms in total. The highest BCUT2D eigenvalue weighted by atomic mass is 16.2. The summed E-state index contributed by atoms with van der Waals surface area (Å²) in [7, 11) is 1.74. The summed E-state index contributed by atoms with van der Waals surface area (Å²) in [5.74, 6) is 1.37. The Morgan fingerprint density at radius 1 is 1.38 bits per heavy atom. The predicted octanol–water partition coefficient (Wildman–Crippen LogP) is 2.19. The van der Waals surface area contributed by atoms with Crippen molar-refractivity contribution in [3.63, 3.8) is 0 Å². The standard InChI is InChI=1S/C17H24N8O/c1-5-13(14-9-24-8-6-7-18-16(24)20-14)21-17(26)23(4)10-15-22-19-11-25(15)12(2)3/h6-9,11-13H,5,10H2,1-4H3,(H,21,26)/t13-/m1/s1. The number of imidazole rings is 1. The van der Waals surface area contributed by atoms with Crippen molar-refractivity contribution in [2.24, 2.45) is 0 Å². The molecule has 0 aliphatic heterocycles. The van der Waals surface area contributed by atoms with Crippen LogP contribution in [0.4, 0.5) is 4.79 Å². The van der Waals surface area contributed by atoms with Crippen molar-refractivity contribution >= 4 is 11.8 Å². The van der Waals surface area contributed by atoms with E-state index in [2.05, 4.69) is 39.3 Å². The number of hydrogen-bond donors (Lipinski definition) is 1. The van der Waals surface area contributed by atoms with Crippen molar-refractivity contribution in [1.29, 1.82) is 0 Å². The fraction of sp³-hybridized carbons (Fsp3) is 0.471. The lowest BCUT2D eigenvalue weighted by atomic mass is 10.2. The van der Waals surface area contributed by atoms with Gasteiger partial charge < -0.3 is 14.8 Å². The summed E-state index contributed by atoms with van der Waals surface area (Å²) in [6.07, 6.45) is 7.89. The number of rotatable bonds is 6. The Labute approximate surface area is 152 Å². The molecule has 0 spiro atoms. The molecule has 26 heavy (non-hydrogen) atoms. The average molecular weight is 356 g/mol. The van der Waals surface area contributed by atoms with Gasteiger partial charge in [0.2, 0.25) is 5.78 Å². The fourth-order valence-corrected chi connectivity index (χ4v) is 2.76. The average Bonchev–Trinajstić information content (AvgIpc) is 3.25. The number of carbonyl (C=O) groups is 1. The van der Waals surface area contributed by atoms with Gasteiger partial charge in [0, 0.05) is 31.7 Å². The molecule has 0 aliphatic rings. The van der Waals surface area contributed by atoms with Crippen molar-refractivity contribution in [1.82, 2.24) is 39.3 Å². The predicted molar refractivity (Wildman–Crippen MR) is 96.4 cm³/mol. The molecule has 3 aromatic rings. The zero-order valence-corrected chi connectivity index (χ0v) is 15.5. The molecular formula is C17H24N8O. The van der Waals surface area contributed by atoms with E-state index in [1.54, 1.807) is 24.5 Å². The maximum atomic E-state index is 12.6. The van der Waals surface area contributed by atoms with Crippen LogP contribution < -0.4 is 5.32 Å². The Bertz CT molecular complexity index is 851. The molecule has 3 rings (SSSR count). The van der Waals surface area contributed by atoms with Gasteiger partial charge in [-0.25, -0.2) is 14.8 Å². The third-order valence-corrected chi connectivity index (χ3v) is 4.25. The number of fused-ring (bicyclic) bond motifs is 1. The first-order chi connectivity index (χ1) is 12.5. The van der Waals surface area contributed by atoms with E-state index in [-0.39, 0.29) is 18.1 Å². The number of nitrogens with one attached hydrogen (secondary N) is 1. The Hall–Kier alpha value is -2.97. The lowest BCUT2D eigenvalue weighted by Crippen LogP contribution is -2.39. The Morgan fingerprint density at radius 3 is 2.88 bits per heavy atom. The minimum Gasteiger partial charge on any atom is -0.330 e. The van der Waals surface area contributed by atoms with Crippen LogP contribution >= 0.6 is 0 Å².